The Morgan fingerprint density at radius 3 is 2.30 bits per heavy atom. The molecule has 1 rings (SSSR count). The molecule has 1 aromatic carbocycles. The van der Waals surface area contributed by atoms with E-state index in [2.05, 4.69) is 10.1 Å². The van der Waals surface area contributed by atoms with Gasteiger partial charge in [-0.1, -0.05) is 6.92 Å². The third-order valence-corrected chi connectivity index (χ3v) is 3.20. The van der Waals surface area contributed by atoms with Crippen molar-refractivity contribution in [3.8, 4) is 6.07 Å². The first-order valence-electron chi connectivity index (χ1n) is 6.63. The van der Waals surface area contributed by atoms with Crippen LogP contribution in [0.2, 0.25) is 0 Å². The SMILES string of the molecule is COC(=O)[C@@H](NC(=O)c1ccc(C(F)(F)F)cc1)[C@H](C)CC#N. The average molecular weight is 328 g/mol. The molecule has 0 aromatic heterocycles. The van der Waals surface area contributed by atoms with Gasteiger partial charge in [0.25, 0.3) is 5.91 Å². The monoisotopic (exact) mass is 328 g/mol. The van der Waals surface area contributed by atoms with Gasteiger partial charge < -0.3 is 10.1 Å². The number of nitrogens with one attached hydrogen (secondary N) is 1. The van der Waals surface area contributed by atoms with Crippen LogP contribution in [0.25, 0.3) is 0 Å². The number of ether oxygens (including phenoxy) is 1. The maximum atomic E-state index is 12.5. The molecule has 0 saturated carbocycles. The van der Waals surface area contributed by atoms with Gasteiger partial charge in [0.2, 0.25) is 0 Å². The first kappa shape index (κ1) is 18.5. The van der Waals surface area contributed by atoms with Gasteiger partial charge in [-0.2, -0.15) is 18.4 Å². The molecule has 23 heavy (non-hydrogen) atoms. The number of esters is 1. The third-order valence-electron chi connectivity index (χ3n) is 3.20. The summed E-state index contributed by atoms with van der Waals surface area (Å²) in [5.41, 5.74) is -0.910. The number of carbonyl (C=O) groups excluding carboxylic acids is 2. The molecule has 0 bridgehead atoms. The van der Waals surface area contributed by atoms with Gasteiger partial charge in [-0.05, 0) is 24.3 Å². The van der Waals surface area contributed by atoms with Crippen LogP contribution in [0.15, 0.2) is 24.3 Å². The second-order valence-electron chi connectivity index (χ2n) is 4.89. The zero-order valence-corrected chi connectivity index (χ0v) is 12.5. The molecule has 0 spiro atoms. The highest BCUT2D eigenvalue weighted by Crippen LogP contribution is 2.29. The summed E-state index contributed by atoms with van der Waals surface area (Å²) in [5.74, 6) is -1.96. The number of hydrogen-bond acceptors (Lipinski definition) is 4. The maximum Gasteiger partial charge on any atom is 0.416 e. The number of carbonyl (C=O) groups is 2. The minimum atomic E-state index is -4.50. The molecule has 0 aliphatic rings. The molecular formula is C15H15F3N2O3. The Morgan fingerprint density at radius 1 is 1.30 bits per heavy atom. The number of hydrogen-bond donors (Lipinski definition) is 1. The van der Waals surface area contributed by atoms with Gasteiger partial charge in [0.15, 0.2) is 0 Å². The van der Waals surface area contributed by atoms with E-state index in [1.165, 1.54) is 0 Å². The number of rotatable bonds is 5. The zero-order chi connectivity index (χ0) is 17.6. The highest BCUT2D eigenvalue weighted by atomic mass is 19.4. The topological polar surface area (TPSA) is 79.2 Å². The smallest absolute Gasteiger partial charge is 0.416 e. The number of benzene rings is 1. The van der Waals surface area contributed by atoms with Gasteiger partial charge in [-0.25, -0.2) is 4.79 Å². The molecule has 0 aliphatic carbocycles. The number of halogens is 3. The summed E-state index contributed by atoms with van der Waals surface area (Å²) in [6.07, 6.45) is -4.49. The van der Waals surface area contributed by atoms with Gasteiger partial charge >= 0.3 is 12.1 Å². The van der Waals surface area contributed by atoms with Crippen LogP contribution < -0.4 is 5.32 Å². The van der Waals surface area contributed by atoms with E-state index in [1.54, 1.807) is 6.92 Å². The quantitative estimate of drug-likeness (QED) is 0.843. The Labute approximate surface area is 131 Å². The van der Waals surface area contributed by atoms with Crippen molar-refractivity contribution in [3.63, 3.8) is 0 Å². The van der Waals surface area contributed by atoms with Crippen LogP contribution in [0, 0.1) is 17.2 Å². The number of nitrogens with zero attached hydrogens (tertiary/aromatic N) is 1. The largest absolute Gasteiger partial charge is 0.467 e. The van der Waals surface area contributed by atoms with Crippen molar-refractivity contribution in [2.24, 2.45) is 5.92 Å². The van der Waals surface area contributed by atoms with Crippen molar-refractivity contribution >= 4 is 11.9 Å². The van der Waals surface area contributed by atoms with Crippen molar-refractivity contribution in [2.75, 3.05) is 7.11 Å². The summed E-state index contributed by atoms with van der Waals surface area (Å²) in [7, 11) is 1.14. The molecule has 5 nitrogen and oxygen atoms in total. The maximum absolute atomic E-state index is 12.5. The predicted octanol–water partition coefficient (Wildman–Crippen LogP) is 2.53. The van der Waals surface area contributed by atoms with Crippen LogP contribution >= 0.6 is 0 Å². The van der Waals surface area contributed by atoms with E-state index in [0.717, 1.165) is 31.4 Å². The lowest BCUT2D eigenvalue weighted by Crippen LogP contribution is -2.45. The van der Waals surface area contributed by atoms with E-state index in [-0.39, 0.29) is 12.0 Å². The molecule has 0 fully saturated rings. The fraction of sp³-hybridized carbons (Fsp3) is 0.400. The molecule has 0 saturated heterocycles. The van der Waals surface area contributed by atoms with Crippen LogP contribution in [-0.4, -0.2) is 25.0 Å². The minimum Gasteiger partial charge on any atom is -0.467 e. The first-order valence-corrected chi connectivity index (χ1v) is 6.63. The molecule has 8 heteroatoms. The van der Waals surface area contributed by atoms with Crippen LogP contribution in [0.1, 0.15) is 29.3 Å². The molecule has 1 N–H and O–H groups in total. The Hall–Kier alpha value is -2.56. The Balaban J connectivity index is 2.90. The molecule has 2 atom stereocenters. The number of alkyl halides is 3. The van der Waals surface area contributed by atoms with Crippen molar-refractivity contribution in [1.29, 1.82) is 5.26 Å². The van der Waals surface area contributed by atoms with E-state index in [1.807, 2.05) is 6.07 Å². The summed E-state index contributed by atoms with van der Waals surface area (Å²) in [5, 5.41) is 11.1. The number of amides is 1. The van der Waals surface area contributed by atoms with Crippen molar-refractivity contribution < 1.29 is 27.5 Å². The summed E-state index contributed by atoms with van der Waals surface area (Å²) in [6.45, 7) is 1.58. The fourth-order valence-corrected chi connectivity index (χ4v) is 1.86. The highest BCUT2D eigenvalue weighted by Gasteiger charge is 2.31. The molecule has 0 unspecified atom stereocenters. The molecule has 0 aliphatic heterocycles. The number of methoxy groups -OCH3 is 1. The molecular weight excluding hydrogens is 313 g/mol. The molecule has 0 radical (unpaired) electrons. The van der Waals surface area contributed by atoms with Gasteiger partial charge in [0, 0.05) is 17.9 Å². The van der Waals surface area contributed by atoms with Gasteiger partial charge in [0.05, 0.1) is 18.7 Å². The van der Waals surface area contributed by atoms with Crippen LogP contribution in [0.4, 0.5) is 13.2 Å². The van der Waals surface area contributed by atoms with Gasteiger partial charge in [0.1, 0.15) is 6.04 Å². The highest BCUT2D eigenvalue weighted by molar-refractivity contribution is 5.96. The van der Waals surface area contributed by atoms with Gasteiger partial charge in [-0.3, -0.25) is 4.79 Å². The first-order chi connectivity index (χ1) is 10.7. The lowest BCUT2D eigenvalue weighted by Gasteiger charge is -2.21. The molecule has 1 amide bonds. The van der Waals surface area contributed by atoms with Crippen LogP contribution in [0.3, 0.4) is 0 Å². The Kier molecular flexibility index (Phi) is 6.13. The number of nitriles is 1. The van der Waals surface area contributed by atoms with Crippen molar-refractivity contribution in [2.45, 2.75) is 25.6 Å². The van der Waals surface area contributed by atoms with E-state index >= 15 is 0 Å². The van der Waals surface area contributed by atoms with E-state index in [9.17, 15) is 22.8 Å². The fourth-order valence-electron chi connectivity index (χ4n) is 1.86. The summed E-state index contributed by atoms with van der Waals surface area (Å²) in [4.78, 5) is 23.7. The van der Waals surface area contributed by atoms with Crippen LogP contribution in [-0.2, 0) is 15.7 Å². The summed E-state index contributed by atoms with van der Waals surface area (Å²) < 4.78 is 42.0. The third kappa shape index (κ3) is 4.98. The predicted molar refractivity (Wildman–Crippen MR) is 74.1 cm³/mol. The average Bonchev–Trinajstić information content (AvgIpc) is 2.51. The lowest BCUT2D eigenvalue weighted by atomic mass is 9.98. The summed E-state index contributed by atoms with van der Waals surface area (Å²) in [6, 6.07) is 4.41. The molecule has 1 aromatic rings. The second kappa shape index (κ2) is 7.63. The van der Waals surface area contributed by atoms with E-state index in [0.29, 0.717) is 0 Å². The molecule has 0 heterocycles. The van der Waals surface area contributed by atoms with E-state index < -0.39 is 35.6 Å². The Morgan fingerprint density at radius 2 is 1.87 bits per heavy atom. The second-order valence-corrected chi connectivity index (χ2v) is 4.89. The minimum absolute atomic E-state index is 0.00700. The van der Waals surface area contributed by atoms with Crippen molar-refractivity contribution in [3.05, 3.63) is 35.4 Å². The van der Waals surface area contributed by atoms with Crippen molar-refractivity contribution in [1.82, 2.24) is 5.32 Å². The molecule has 124 valence electrons. The normalized spacial score (nSPS) is 13.6. The van der Waals surface area contributed by atoms with Crippen LogP contribution in [0.5, 0.6) is 0 Å². The zero-order valence-electron chi connectivity index (χ0n) is 12.5. The van der Waals surface area contributed by atoms with E-state index in [4.69, 9.17) is 5.26 Å². The Bertz CT molecular complexity index is 606. The van der Waals surface area contributed by atoms with Gasteiger partial charge in [-0.15, -0.1) is 0 Å². The summed E-state index contributed by atoms with van der Waals surface area (Å²) >= 11 is 0. The lowest BCUT2D eigenvalue weighted by molar-refractivity contribution is -0.144. The standard InChI is InChI=1S/C15H15F3N2O3/c1-9(7-8-19)12(14(22)23-2)20-13(21)10-3-5-11(6-4-10)15(16,17)18/h3-6,9,12H,7H2,1-2H3,(H,20,21)/t9-,12+/m1/s1.